The Labute approximate surface area is 176 Å². The Morgan fingerprint density at radius 2 is 1.63 bits per heavy atom. The molecule has 1 aromatic heterocycles. The van der Waals surface area contributed by atoms with E-state index < -0.39 is 21.8 Å². The highest BCUT2D eigenvalue weighted by Crippen LogP contribution is 2.32. The first kappa shape index (κ1) is 21.2. The Morgan fingerprint density at radius 3 is 2.23 bits per heavy atom. The molecule has 2 aromatic carbocycles. The van der Waals surface area contributed by atoms with E-state index in [1.165, 1.54) is 4.31 Å². The molecule has 1 atom stereocenters. The van der Waals surface area contributed by atoms with E-state index in [9.17, 15) is 21.6 Å². The number of halogens is 3. The molecule has 2 heterocycles. The van der Waals surface area contributed by atoms with Gasteiger partial charge in [0.1, 0.15) is 5.01 Å². The maximum absolute atomic E-state index is 12.8. The van der Waals surface area contributed by atoms with Crippen LogP contribution in [-0.2, 0) is 16.2 Å². The van der Waals surface area contributed by atoms with E-state index in [-0.39, 0.29) is 24.0 Å². The predicted octanol–water partition coefficient (Wildman–Crippen LogP) is 4.38. The number of rotatable bonds is 4. The molecule has 1 fully saturated rings. The van der Waals surface area contributed by atoms with Crippen LogP contribution in [-0.4, -0.2) is 48.8 Å². The molecular weight excluding hydrogens is 435 g/mol. The molecule has 0 saturated carbocycles. The Hall–Kier alpha value is -2.01. The van der Waals surface area contributed by atoms with Gasteiger partial charge < -0.3 is 0 Å². The molecule has 1 saturated heterocycles. The summed E-state index contributed by atoms with van der Waals surface area (Å²) >= 11 is 1.63. The smallest absolute Gasteiger partial charge is 0.292 e. The van der Waals surface area contributed by atoms with E-state index in [1.54, 1.807) is 11.3 Å². The summed E-state index contributed by atoms with van der Waals surface area (Å²) in [7, 11) is -3.83. The third-order valence-electron chi connectivity index (χ3n) is 5.31. The van der Waals surface area contributed by atoms with Gasteiger partial charge in [0, 0.05) is 26.2 Å². The molecule has 0 N–H and O–H groups in total. The van der Waals surface area contributed by atoms with Gasteiger partial charge in [-0.3, -0.25) is 4.90 Å². The summed E-state index contributed by atoms with van der Waals surface area (Å²) in [5.74, 6) is 0. The molecule has 0 aliphatic carbocycles. The lowest BCUT2D eigenvalue weighted by atomic mass is 10.2. The van der Waals surface area contributed by atoms with Crippen LogP contribution < -0.4 is 0 Å². The van der Waals surface area contributed by atoms with E-state index in [2.05, 4.69) is 16.8 Å². The van der Waals surface area contributed by atoms with Crippen LogP contribution in [0.25, 0.3) is 10.2 Å². The molecule has 3 aromatic rings. The van der Waals surface area contributed by atoms with E-state index >= 15 is 0 Å². The van der Waals surface area contributed by atoms with Crippen molar-refractivity contribution in [2.45, 2.75) is 24.0 Å². The minimum Gasteiger partial charge on any atom is -0.292 e. The fraction of sp³-hybridized carbons (Fsp3) is 0.350. The quantitative estimate of drug-likeness (QED) is 0.586. The number of hydrogen-bond donors (Lipinski definition) is 0. The minimum absolute atomic E-state index is 0.0540. The van der Waals surface area contributed by atoms with Crippen LogP contribution in [0.2, 0.25) is 0 Å². The number of thiazole rings is 1. The maximum Gasteiger partial charge on any atom is 0.416 e. The summed E-state index contributed by atoms with van der Waals surface area (Å²) in [5.41, 5.74) is 0.0868. The first-order valence-electron chi connectivity index (χ1n) is 9.43. The number of aromatic nitrogens is 1. The lowest BCUT2D eigenvalue weighted by Crippen LogP contribution is -2.49. The molecule has 1 aliphatic heterocycles. The fourth-order valence-corrected chi connectivity index (χ4v) is 6.00. The molecule has 0 bridgehead atoms. The van der Waals surface area contributed by atoms with Crippen LogP contribution in [0.4, 0.5) is 13.2 Å². The van der Waals surface area contributed by atoms with Gasteiger partial charge in [0.15, 0.2) is 0 Å². The van der Waals surface area contributed by atoms with Crippen molar-refractivity contribution < 1.29 is 21.6 Å². The topological polar surface area (TPSA) is 53.5 Å². The molecule has 1 aliphatic rings. The molecule has 30 heavy (non-hydrogen) atoms. The molecular formula is C20H20F3N3O2S2. The number of nitrogens with zero attached hydrogens (tertiary/aromatic N) is 3. The summed E-state index contributed by atoms with van der Waals surface area (Å²) in [6.45, 7) is 3.66. The zero-order valence-electron chi connectivity index (χ0n) is 16.1. The number of benzene rings is 2. The second kappa shape index (κ2) is 7.92. The van der Waals surface area contributed by atoms with Crippen molar-refractivity contribution in [3.8, 4) is 0 Å². The van der Waals surface area contributed by atoms with E-state index in [0.29, 0.717) is 13.1 Å². The normalized spacial score (nSPS) is 18.0. The summed E-state index contributed by atoms with van der Waals surface area (Å²) in [5, 5.41) is 0.982. The van der Waals surface area contributed by atoms with Gasteiger partial charge in [-0.2, -0.15) is 17.5 Å². The van der Waals surface area contributed by atoms with Gasteiger partial charge in [0.05, 0.1) is 26.7 Å². The Bertz CT molecular complexity index is 1100. The summed E-state index contributed by atoms with van der Waals surface area (Å²) < 4.78 is 66.3. The average molecular weight is 456 g/mol. The molecule has 160 valence electrons. The van der Waals surface area contributed by atoms with Crippen molar-refractivity contribution in [1.82, 2.24) is 14.2 Å². The van der Waals surface area contributed by atoms with Crippen molar-refractivity contribution in [3.05, 3.63) is 59.1 Å². The largest absolute Gasteiger partial charge is 0.416 e. The number of para-hydroxylation sites is 1. The second-order valence-corrected chi connectivity index (χ2v) is 10.2. The first-order chi connectivity index (χ1) is 14.2. The highest BCUT2D eigenvalue weighted by molar-refractivity contribution is 7.89. The second-order valence-electron chi connectivity index (χ2n) is 7.16. The molecule has 4 rings (SSSR count). The van der Waals surface area contributed by atoms with E-state index in [4.69, 9.17) is 0 Å². The molecule has 5 nitrogen and oxygen atoms in total. The fourth-order valence-electron chi connectivity index (χ4n) is 3.52. The standard InChI is InChI=1S/C20H20F3N3O2S2/c1-14(19-24-17-4-2-3-5-18(17)29-19)25-10-12-26(13-11-25)30(27,28)16-8-6-15(7-9-16)20(21,22)23/h2-9,14H,10-13H2,1H3. The summed E-state index contributed by atoms with van der Waals surface area (Å²) in [6, 6.07) is 11.6. The first-order valence-corrected chi connectivity index (χ1v) is 11.7. The Morgan fingerprint density at radius 1 is 1.00 bits per heavy atom. The zero-order chi connectivity index (χ0) is 21.5. The molecule has 0 spiro atoms. The lowest BCUT2D eigenvalue weighted by molar-refractivity contribution is -0.137. The molecule has 1 unspecified atom stereocenters. The van der Waals surface area contributed by atoms with Crippen molar-refractivity contribution in [1.29, 1.82) is 0 Å². The van der Waals surface area contributed by atoms with Gasteiger partial charge in [0.25, 0.3) is 0 Å². The van der Waals surface area contributed by atoms with Crippen LogP contribution >= 0.6 is 11.3 Å². The lowest BCUT2D eigenvalue weighted by Gasteiger charge is -2.36. The summed E-state index contributed by atoms with van der Waals surface area (Å²) in [6.07, 6.45) is -4.50. The highest BCUT2D eigenvalue weighted by atomic mass is 32.2. The monoisotopic (exact) mass is 455 g/mol. The maximum atomic E-state index is 12.8. The van der Waals surface area contributed by atoms with E-state index in [0.717, 1.165) is 39.5 Å². The van der Waals surface area contributed by atoms with Gasteiger partial charge in [-0.05, 0) is 43.3 Å². The SMILES string of the molecule is CC(c1nc2ccccc2s1)N1CCN(S(=O)(=O)c2ccc(C(F)(F)F)cc2)CC1. The number of hydrogen-bond acceptors (Lipinski definition) is 5. The van der Waals surface area contributed by atoms with Crippen molar-refractivity contribution >= 4 is 31.6 Å². The summed E-state index contributed by atoms with van der Waals surface area (Å²) in [4.78, 5) is 6.74. The number of alkyl halides is 3. The Kier molecular flexibility index (Phi) is 5.60. The van der Waals surface area contributed by atoms with Crippen LogP contribution in [0.1, 0.15) is 23.5 Å². The highest BCUT2D eigenvalue weighted by Gasteiger charge is 2.33. The Balaban J connectivity index is 1.44. The van der Waals surface area contributed by atoms with E-state index in [1.807, 2.05) is 24.3 Å². The number of fused-ring (bicyclic) bond motifs is 1. The van der Waals surface area contributed by atoms with Crippen molar-refractivity contribution in [2.24, 2.45) is 0 Å². The van der Waals surface area contributed by atoms with Crippen molar-refractivity contribution in [2.75, 3.05) is 26.2 Å². The van der Waals surface area contributed by atoms with Crippen LogP contribution in [0.15, 0.2) is 53.4 Å². The molecule has 10 heteroatoms. The minimum atomic E-state index is -4.50. The van der Waals surface area contributed by atoms with Gasteiger partial charge in [-0.15, -0.1) is 11.3 Å². The third kappa shape index (κ3) is 4.09. The van der Waals surface area contributed by atoms with Crippen molar-refractivity contribution in [3.63, 3.8) is 0 Å². The van der Waals surface area contributed by atoms with Gasteiger partial charge in [0.2, 0.25) is 10.0 Å². The van der Waals surface area contributed by atoms with Gasteiger partial charge in [-0.25, -0.2) is 13.4 Å². The molecule has 0 amide bonds. The van der Waals surface area contributed by atoms with Gasteiger partial charge >= 0.3 is 6.18 Å². The zero-order valence-corrected chi connectivity index (χ0v) is 17.8. The van der Waals surface area contributed by atoms with Crippen LogP contribution in [0.3, 0.4) is 0 Å². The van der Waals surface area contributed by atoms with Crippen LogP contribution in [0, 0.1) is 0 Å². The predicted molar refractivity (Wildman–Crippen MR) is 110 cm³/mol. The number of piperazine rings is 1. The average Bonchev–Trinajstić information content (AvgIpc) is 3.17. The third-order valence-corrected chi connectivity index (χ3v) is 8.43. The van der Waals surface area contributed by atoms with Crippen LogP contribution in [0.5, 0.6) is 0 Å². The molecule has 0 radical (unpaired) electrons. The number of sulfonamides is 1. The van der Waals surface area contributed by atoms with Gasteiger partial charge in [-0.1, -0.05) is 12.1 Å².